The molecule has 0 aromatic rings. The molecule has 4 atom stereocenters. The highest BCUT2D eigenvalue weighted by Gasteiger charge is 2.23. The summed E-state index contributed by atoms with van der Waals surface area (Å²) in [5, 5.41) is 9.82. The maximum atomic E-state index is 9.82. The van der Waals surface area contributed by atoms with E-state index in [4.69, 9.17) is 9.47 Å². The molecule has 0 saturated heterocycles. The molecule has 1 rings (SSSR count). The number of hydrogen-bond acceptors (Lipinski definition) is 3. The van der Waals surface area contributed by atoms with Gasteiger partial charge in [0, 0.05) is 7.11 Å². The Kier molecular flexibility index (Phi) is 6.32. The molecule has 3 nitrogen and oxygen atoms in total. The average Bonchev–Trinajstić information content (AvgIpc) is 2.35. The molecule has 0 aromatic heterocycles. The summed E-state index contributed by atoms with van der Waals surface area (Å²) in [4.78, 5) is 0. The molecule has 0 bridgehead atoms. The first-order valence-corrected chi connectivity index (χ1v) is 6.49. The van der Waals surface area contributed by atoms with E-state index < -0.39 is 0 Å². The van der Waals surface area contributed by atoms with Gasteiger partial charge in [-0.2, -0.15) is 0 Å². The van der Waals surface area contributed by atoms with E-state index in [2.05, 4.69) is 13.8 Å². The third-order valence-electron chi connectivity index (χ3n) is 3.71. The summed E-state index contributed by atoms with van der Waals surface area (Å²) in [6.45, 7) is 4.62. The Morgan fingerprint density at radius 3 is 2.62 bits per heavy atom. The molecule has 3 heteroatoms. The van der Waals surface area contributed by atoms with Gasteiger partial charge in [0.25, 0.3) is 0 Å². The van der Waals surface area contributed by atoms with E-state index in [1.807, 2.05) is 0 Å². The fourth-order valence-corrected chi connectivity index (χ4v) is 2.14. The molecule has 0 amide bonds. The van der Waals surface area contributed by atoms with Crippen LogP contribution in [0, 0.1) is 5.92 Å². The Morgan fingerprint density at radius 2 is 2.00 bits per heavy atom. The van der Waals surface area contributed by atoms with Gasteiger partial charge in [0.15, 0.2) is 0 Å². The van der Waals surface area contributed by atoms with E-state index >= 15 is 0 Å². The lowest BCUT2D eigenvalue weighted by atomic mass is 9.94. The van der Waals surface area contributed by atoms with Crippen LogP contribution >= 0.6 is 0 Å². The quantitative estimate of drug-likeness (QED) is 0.761. The van der Waals surface area contributed by atoms with Crippen molar-refractivity contribution in [3.05, 3.63) is 0 Å². The fraction of sp³-hybridized carbons (Fsp3) is 1.00. The first-order valence-electron chi connectivity index (χ1n) is 6.49. The smallest absolute Gasteiger partial charge is 0.0799 e. The van der Waals surface area contributed by atoms with Crippen LogP contribution in [0.5, 0.6) is 0 Å². The Morgan fingerprint density at radius 1 is 1.31 bits per heavy atom. The first kappa shape index (κ1) is 13.9. The lowest BCUT2D eigenvalue weighted by molar-refractivity contribution is -0.0663. The summed E-state index contributed by atoms with van der Waals surface area (Å²) in [6, 6.07) is 0. The summed E-state index contributed by atoms with van der Waals surface area (Å²) in [7, 11) is 1.76. The Bertz CT molecular complexity index is 184. The first-order chi connectivity index (χ1) is 7.67. The van der Waals surface area contributed by atoms with Crippen molar-refractivity contribution in [3.8, 4) is 0 Å². The minimum atomic E-state index is -0.326. The van der Waals surface area contributed by atoms with Crippen molar-refractivity contribution in [1.82, 2.24) is 0 Å². The molecule has 16 heavy (non-hydrogen) atoms. The SMILES string of the molecule is CCC(C)C(O)COC1CCCC(OC)C1. The highest BCUT2D eigenvalue weighted by Crippen LogP contribution is 2.23. The number of hydrogen-bond donors (Lipinski definition) is 1. The van der Waals surface area contributed by atoms with Gasteiger partial charge in [-0.05, 0) is 31.6 Å². The van der Waals surface area contributed by atoms with Gasteiger partial charge in [-0.1, -0.05) is 20.3 Å². The van der Waals surface area contributed by atoms with Crippen LogP contribution in [0.3, 0.4) is 0 Å². The van der Waals surface area contributed by atoms with E-state index in [0.717, 1.165) is 25.7 Å². The zero-order chi connectivity index (χ0) is 12.0. The molecule has 1 aliphatic carbocycles. The standard InChI is InChI=1S/C13H26O3/c1-4-10(2)13(14)9-16-12-7-5-6-11(8-12)15-3/h10-14H,4-9H2,1-3H3. The number of ether oxygens (including phenoxy) is 2. The van der Waals surface area contributed by atoms with Gasteiger partial charge in [-0.25, -0.2) is 0 Å². The third kappa shape index (κ3) is 4.40. The van der Waals surface area contributed by atoms with Crippen molar-refractivity contribution < 1.29 is 14.6 Å². The van der Waals surface area contributed by atoms with Gasteiger partial charge in [-0.3, -0.25) is 0 Å². The zero-order valence-electron chi connectivity index (χ0n) is 10.8. The van der Waals surface area contributed by atoms with Crippen molar-refractivity contribution in [1.29, 1.82) is 0 Å². The van der Waals surface area contributed by atoms with Crippen LogP contribution in [0.15, 0.2) is 0 Å². The van der Waals surface area contributed by atoms with Crippen molar-refractivity contribution in [2.24, 2.45) is 5.92 Å². The van der Waals surface area contributed by atoms with Crippen molar-refractivity contribution >= 4 is 0 Å². The summed E-state index contributed by atoms with van der Waals surface area (Å²) < 4.78 is 11.1. The highest BCUT2D eigenvalue weighted by atomic mass is 16.5. The maximum Gasteiger partial charge on any atom is 0.0799 e. The second-order valence-electron chi connectivity index (χ2n) is 4.93. The van der Waals surface area contributed by atoms with E-state index in [1.165, 1.54) is 6.42 Å². The van der Waals surface area contributed by atoms with Crippen molar-refractivity contribution in [2.75, 3.05) is 13.7 Å². The van der Waals surface area contributed by atoms with E-state index in [1.54, 1.807) is 7.11 Å². The molecule has 1 saturated carbocycles. The molecule has 0 radical (unpaired) electrons. The molecule has 1 fully saturated rings. The van der Waals surface area contributed by atoms with Crippen LogP contribution in [-0.4, -0.2) is 37.1 Å². The summed E-state index contributed by atoms with van der Waals surface area (Å²) in [6.07, 6.45) is 5.68. The van der Waals surface area contributed by atoms with Gasteiger partial charge >= 0.3 is 0 Å². The average molecular weight is 230 g/mol. The summed E-state index contributed by atoms with van der Waals surface area (Å²) in [5.41, 5.74) is 0. The molecule has 0 spiro atoms. The molecule has 0 aliphatic heterocycles. The Balaban J connectivity index is 2.21. The van der Waals surface area contributed by atoms with Gasteiger partial charge in [0.05, 0.1) is 24.9 Å². The number of rotatable bonds is 6. The van der Waals surface area contributed by atoms with Crippen LogP contribution in [-0.2, 0) is 9.47 Å². The number of aliphatic hydroxyl groups is 1. The van der Waals surface area contributed by atoms with Gasteiger partial charge in [0.2, 0.25) is 0 Å². The zero-order valence-corrected chi connectivity index (χ0v) is 10.8. The van der Waals surface area contributed by atoms with E-state index in [0.29, 0.717) is 18.6 Å². The van der Waals surface area contributed by atoms with E-state index in [9.17, 15) is 5.11 Å². The van der Waals surface area contributed by atoms with Gasteiger partial charge in [0.1, 0.15) is 0 Å². The minimum Gasteiger partial charge on any atom is -0.390 e. The lowest BCUT2D eigenvalue weighted by Gasteiger charge is -2.29. The van der Waals surface area contributed by atoms with E-state index in [-0.39, 0.29) is 12.2 Å². The molecule has 4 unspecified atom stereocenters. The van der Waals surface area contributed by atoms with Crippen molar-refractivity contribution in [2.45, 2.75) is 64.3 Å². The van der Waals surface area contributed by atoms with Crippen LogP contribution in [0.4, 0.5) is 0 Å². The Labute approximate surface area is 99.1 Å². The van der Waals surface area contributed by atoms with Crippen LogP contribution in [0.2, 0.25) is 0 Å². The van der Waals surface area contributed by atoms with Crippen LogP contribution in [0.25, 0.3) is 0 Å². The lowest BCUT2D eigenvalue weighted by Crippen LogP contribution is -2.31. The molecule has 0 aromatic carbocycles. The maximum absolute atomic E-state index is 9.82. The normalized spacial score (nSPS) is 30.0. The molecule has 1 aliphatic rings. The molecule has 0 heterocycles. The predicted molar refractivity (Wildman–Crippen MR) is 64.5 cm³/mol. The van der Waals surface area contributed by atoms with Crippen LogP contribution in [0.1, 0.15) is 46.0 Å². The fourth-order valence-electron chi connectivity index (χ4n) is 2.14. The molecule has 96 valence electrons. The highest BCUT2D eigenvalue weighted by molar-refractivity contribution is 4.74. The predicted octanol–water partition coefficient (Wildman–Crippen LogP) is 2.37. The molecular weight excluding hydrogens is 204 g/mol. The third-order valence-corrected chi connectivity index (χ3v) is 3.71. The monoisotopic (exact) mass is 230 g/mol. The topological polar surface area (TPSA) is 38.7 Å². The second kappa shape index (κ2) is 7.25. The van der Waals surface area contributed by atoms with Gasteiger partial charge in [-0.15, -0.1) is 0 Å². The largest absolute Gasteiger partial charge is 0.390 e. The number of aliphatic hydroxyl groups excluding tert-OH is 1. The van der Waals surface area contributed by atoms with Gasteiger partial charge < -0.3 is 14.6 Å². The number of methoxy groups -OCH3 is 1. The van der Waals surface area contributed by atoms with Crippen molar-refractivity contribution in [3.63, 3.8) is 0 Å². The summed E-state index contributed by atoms with van der Waals surface area (Å²) >= 11 is 0. The molecular formula is C13H26O3. The second-order valence-corrected chi connectivity index (χ2v) is 4.93. The van der Waals surface area contributed by atoms with Crippen LogP contribution < -0.4 is 0 Å². The molecule has 1 N–H and O–H groups in total. The summed E-state index contributed by atoms with van der Waals surface area (Å²) in [5.74, 6) is 0.321. The minimum absolute atomic E-state index is 0.275. The Hall–Kier alpha value is -0.120.